The molecule has 0 aliphatic carbocycles. The number of aromatic nitrogens is 4. The van der Waals surface area contributed by atoms with Crippen molar-refractivity contribution in [3.63, 3.8) is 0 Å². The van der Waals surface area contributed by atoms with E-state index >= 15 is 0 Å². The molecule has 2 aromatic heterocycles. The summed E-state index contributed by atoms with van der Waals surface area (Å²) in [6, 6.07) is 0. The number of ether oxygens (including phenoxy) is 1. The number of rotatable bonds is 6. The molecule has 0 fully saturated rings. The van der Waals surface area contributed by atoms with Crippen molar-refractivity contribution in [3.8, 4) is 0 Å². The SMILES string of the molecule is COC(CO)CCn1cnc2c(=O)[nH]c([NH][Tl])nc21. The van der Waals surface area contributed by atoms with Gasteiger partial charge in [-0.25, -0.2) is 0 Å². The van der Waals surface area contributed by atoms with E-state index in [9.17, 15) is 4.79 Å². The van der Waals surface area contributed by atoms with Crippen LogP contribution in [0.2, 0.25) is 0 Å². The van der Waals surface area contributed by atoms with Crippen LogP contribution in [0.5, 0.6) is 0 Å². The quantitative estimate of drug-likeness (QED) is 0.482. The summed E-state index contributed by atoms with van der Waals surface area (Å²) in [4.78, 5) is 22.8. The number of imidazole rings is 1. The Kier molecular flexibility index (Phi) is 4.88. The van der Waals surface area contributed by atoms with E-state index in [1.54, 1.807) is 18.0 Å². The van der Waals surface area contributed by atoms with Crippen LogP contribution in [0.3, 0.4) is 0 Å². The van der Waals surface area contributed by atoms with Crippen LogP contribution in [-0.4, -0.2) is 70.5 Å². The van der Waals surface area contributed by atoms with Crippen molar-refractivity contribution in [2.24, 2.45) is 0 Å². The molecule has 0 radical (unpaired) electrons. The Labute approximate surface area is 125 Å². The van der Waals surface area contributed by atoms with Crippen molar-refractivity contribution in [2.45, 2.75) is 19.1 Å². The minimum absolute atomic E-state index is 0.0361. The normalized spacial score (nSPS) is 12.7. The minimum atomic E-state index is -0.252. The van der Waals surface area contributed by atoms with Crippen molar-refractivity contribution in [3.05, 3.63) is 16.7 Å². The molecule has 0 aromatic carbocycles. The third-order valence-electron chi connectivity index (χ3n) is 2.84. The molecular formula is C10H14N5O3Tl. The second-order valence-corrected chi connectivity index (χ2v) is 5.12. The van der Waals surface area contributed by atoms with Crippen LogP contribution in [-0.2, 0) is 11.3 Å². The number of anilines is 1. The summed E-state index contributed by atoms with van der Waals surface area (Å²) >= 11 is 0.495. The summed E-state index contributed by atoms with van der Waals surface area (Å²) in [7, 11) is 1.56. The maximum absolute atomic E-state index is 11.8. The Bertz CT molecular complexity index is 607. The number of aliphatic hydroxyl groups excluding tert-OH is 1. The molecule has 1 unspecified atom stereocenters. The van der Waals surface area contributed by atoms with Gasteiger partial charge < -0.3 is 0 Å². The van der Waals surface area contributed by atoms with Gasteiger partial charge in [0.1, 0.15) is 0 Å². The molecular weight excluding hydrogens is 443 g/mol. The predicted molar refractivity (Wildman–Crippen MR) is 70.0 cm³/mol. The first kappa shape index (κ1) is 14.4. The summed E-state index contributed by atoms with van der Waals surface area (Å²) in [5, 5.41) is 9.07. The van der Waals surface area contributed by atoms with E-state index in [0.717, 1.165) is 0 Å². The molecule has 2 heterocycles. The van der Waals surface area contributed by atoms with Crippen molar-refractivity contribution in [1.82, 2.24) is 19.5 Å². The van der Waals surface area contributed by atoms with Gasteiger partial charge in [-0.05, 0) is 0 Å². The fourth-order valence-corrected chi connectivity index (χ4v) is 2.28. The predicted octanol–water partition coefficient (Wildman–Crippen LogP) is -0.988. The molecule has 0 saturated heterocycles. The molecule has 0 bridgehead atoms. The summed E-state index contributed by atoms with van der Waals surface area (Å²) in [6.07, 6.45) is 1.98. The van der Waals surface area contributed by atoms with Crippen molar-refractivity contribution in [2.75, 3.05) is 16.8 Å². The van der Waals surface area contributed by atoms with Crippen LogP contribution < -0.4 is 8.69 Å². The van der Waals surface area contributed by atoms with Crippen molar-refractivity contribution in [1.29, 1.82) is 0 Å². The van der Waals surface area contributed by atoms with Crippen molar-refractivity contribution >= 4 is 43.2 Å². The zero-order chi connectivity index (χ0) is 13.8. The number of aryl methyl sites for hydroxylation is 1. The Morgan fingerprint density at radius 2 is 2.47 bits per heavy atom. The molecule has 0 amide bonds. The molecule has 2 aromatic rings. The van der Waals surface area contributed by atoms with E-state index in [4.69, 9.17) is 9.84 Å². The first-order valence-corrected chi connectivity index (χ1v) is 7.99. The van der Waals surface area contributed by atoms with Gasteiger partial charge in [0.15, 0.2) is 0 Å². The molecule has 0 spiro atoms. The van der Waals surface area contributed by atoms with E-state index in [2.05, 4.69) is 18.1 Å². The number of hydrogen-bond acceptors (Lipinski definition) is 6. The number of H-pyrrole nitrogens is 1. The Balaban J connectivity index is 2.29. The van der Waals surface area contributed by atoms with Crippen LogP contribution in [0, 0.1) is 0 Å². The Morgan fingerprint density at radius 1 is 1.68 bits per heavy atom. The average Bonchev–Trinajstić information content (AvgIpc) is 2.83. The van der Waals surface area contributed by atoms with Gasteiger partial charge in [0, 0.05) is 0 Å². The van der Waals surface area contributed by atoms with Crippen LogP contribution in [0.15, 0.2) is 11.1 Å². The summed E-state index contributed by atoms with van der Waals surface area (Å²) in [6.45, 7) is 0.542. The molecule has 1 atom stereocenters. The van der Waals surface area contributed by atoms with Gasteiger partial charge in [0.25, 0.3) is 0 Å². The van der Waals surface area contributed by atoms with Crippen molar-refractivity contribution < 1.29 is 9.84 Å². The Hall–Kier alpha value is -1.01. The number of hydrogen-bond donors (Lipinski definition) is 3. The standard InChI is InChI=1S/C10H15N5O3.Tl/c1-18-6(4-16)2-3-15-5-12-7-8(15)13-10(11)14-9(7)17;/h5-6,16H,2-4H2,1H3,(H3,11,13,14,17);/q;+1/p-1. The second kappa shape index (κ2) is 6.43. The molecule has 3 N–H and O–H groups in total. The molecule has 0 saturated carbocycles. The topological polar surface area (TPSA) is 105 Å². The zero-order valence-corrected chi connectivity index (χ0v) is 14.9. The fraction of sp³-hybridized carbons (Fsp3) is 0.500. The van der Waals surface area contributed by atoms with E-state index in [1.165, 1.54) is 0 Å². The molecule has 0 aliphatic rings. The average molecular weight is 457 g/mol. The van der Waals surface area contributed by atoms with E-state index in [0.29, 0.717) is 56.1 Å². The van der Waals surface area contributed by atoms with Gasteiger partial charge >= 0.3 is 125 Å². The number of fused-ring (bicyclic) bond motifs is 1. The first-order chi connectivity index (χ1) is 9.19. The van der Waals surface area contributed by atoms with Crippen LogP contribution in [0.4, 0.5) is 5.95 Å². The summed E-state index contributed by atoms with van der Waals surface area (Å²) in [5.74, 6) is 0.467. The van der Waals surface area contributed by atoms with Gasteiger partial charge in [0.05, 0.1) is 0 Å². The first-order valence-electron chi connectivity index (χ1n) is 5.75. The van der Waals surface area contributed by atoms with E-state index < -0.39 is 0 Å². The van der Waals surface area contributed by atoms with Crippen LogP contribution in [0.25, 0.3) is 11.2 Å². The molecule has 9 heteroatoms. The second-order valence-electron chi connectivity index (χ2n) is 4.00. The number of nitrogens with zero attached hydrogens (tertiary/aromatic N) is 3. The van der Waals surface area contributed by atoms with Gasteiger partial charge in [-0.15, -0.1) is 0 Å². The van der Waals surface area contributed by atoms with E-state index in [1.807, 2.05) is 0 Å². The molecule has 8 nitrogen and oxygen atoms in total. The van der Waals surface area contributed by atoms with Gasteiger partial charge in [-0.1, -0.05) is 0 Å². The Morgan fingerprint density at radius 3 is 3.11 bits per heavy atom. The zero-order valence-electron chi connectivity index (χ0n) is 10.5. The number of methoxy groups -OCH3 is 1. The van der Waals surface area contributed by atoms with Gasteiger partial charge in [-0.3, -0.25) is 0 Å². The number of aliphatic hydroxyl groups is 1. The fourth-order valence-electron chi connectivity index (χ4n) is 1.75. The summed E-state index contributed by atoms with van der Waals surface area (Å²) in [5.41, 5.74) is 0.610. The monoisotopic (exact) mass is 457 g/mol. The third-order valence-corrected chi connectivity index (χ3v) is 3.90. The summed E-state index contributed by atoms with van der Waals surface area (Å²) < 4.78 is 9.85. The molecule has 0 aliphatic heterocycles. The molecule has 2 rings (SSSR count). The third kappa shape index (κ3) is 3.12. The van der Waals surface area contributed by atoms with Gasteiger partial charge in [0.2, 0.25) is 0 Å². The van der Waals surface area contributed by atoms with Gasteiger partial charge in [-0.2, -0.15) is 0 Å². The maximum atomic E-state index is 11.8. The molecule has 100 valence electrons. The van der Waals surface area contributed by atoms with E-state index in [-0.39, 0.29) is 18.3 Å². The molecule has 19 heavy (non-hydrogen) atoms. The number of aromatic amines is 1. The van der Waals surface area contributed by atoms with Crippen LogP contribution in [0.1, 0.15) is 6.42 Å². The van der Waals surface area contributed by atoms with Crippen LogP contribution >= 0.6 is 0 Å². The number of nitrogens with one attached hydrogen (secondary N) is 2.